The van der Waals surface area contributed by atoms with Gasteiger partial charge in [0, 0.05) is 43.6 Å². The van der Waals surface area contributed by atoms with Crippen LogP contribution in [0.25, 0.3) is 0 Å². The normalized spacial score (nSPS) is 16.8. The zero-order valence-electron chi connectivity index (χ0n) is 5.00. The van der Waals surface area contributed by atoms with Crippen LogP contribution in [0.15, 0.2) is 12.4 Å². The molecule has 0 fully saturated rings. The summed E-state index contributed by atoms with van der Waals surface area (Å²) in [7, 11) is 4.00. The molecule has 1 heterocycles. The number of nitrogens with zero attached hydrogens (tertiary/aromatic N) is 2. The minimum absolute atomic E-state index is 0. The van der Waals surface area contributed by atoms with Gasteiger partial charge < -0.3 is 9.80 Å². The first-order valence-electron chi connectivity index (χ1n) is 2.26. The van der Waals surface area contributed by atoms with Gasteiger partial charge in [0.15, 0.2) is 0 Å². The third kappa shape index (κ3) is 1.76. The van der Waals surface area contributed by atoms with E-state index < -0.39 is 0 Å². The molecular weight excluding hydrogens is 143 g/mol. The molecule has 8 heavy (non-hydrogen) atoms. The first-order valence-corrected chi connectivity index (χ1v) is 2.26. The average Bonchev–Trinajstić information content (AvgIpc) is 1.87. The maximum absolute atomic E-state index is 2.00. The number of hydrogen-bond donors (Lipinski definition) is 0. The molecule has 0 aromatic heterocycles. The number of hydrogen-bond acceptors (Lipinski definition) is 2. The Morgan fingerprint density at radius 1 is 1.00 bits per heavy atom. The van der Waals surface area contributed by atoms with E-state index in [0.29, 0.717) is 0 Å². The Morgan fingerprint density at radius 3 is 1.50 bits per heavy atom. The number of rotatable bonds is 0. The molecule has 1 aliphatic heterocycles. The summed E-state index contributed by atoms with van der Waals surface area (Å²) in [5.74, 6) is 0. The molecule has 0 aliphatic carbocycles. The quantitative estimate of drug-likeness (QED) is 0.465. The fourth-order valence-corrected chi connectivity index (χ4v) is 0.575. The maximum atomic E-state index is 2.00. The second-order valence-corrected chi connectivity index (χ2v) is 1.74. The summed E-state index contributed by atoms with van der Waals surface area (Å²) >= 11 is 0. The molecule has 0 bridgehead atoms. The first kappa shape index (κ1) is 7.86. The SMILES string of the molecule is CN1[CH]N(C)C=C1.[Mn]. The van der Waals surface area contributed by atoms with Crippen LogP contribution in [0.4, 0.5) is 0 Å². The maximum Gasteiger partial charge on any atom is 0.140 e. The molecule has 1 aliphatic rings. The van der Waals surface area contributed by atoms with Gasteiger partial charge in [0.05, 0.1) is 0 Å². The van der Waals surface area contributed by atoms with Crippen LogP contribution in [0.5, 0.6) is 0 Å². The summed E-state index contributed by atoms with van der Waals surface area (Å²) in [4.78, 5) is 4.00. The fourth-order valence-electron chi connectivity index (χ4n) is 0.575. The van der Waals surface area contributed by atoms with Crippen molar-refractivity contribution in [2.75, 3.05) is 14.1 Å². The second kappa shape index (κ2) is 3.00. The van der Waals surface area contributed by atoms with Gasteiger partial charge in [-0.3, -0.25) is 0 Å². The van der Waals surface area contributed by atoms with Gasteiger partial charge in [-0.05, 0) is 0 Å². The van der Waals surface area contributed by atoms with Crippen LogP contribution in [-0.2, 0) is 17.1 Å². The Labute approximate surface area is 60.6 Å². The summed E-state index contributed by atoms with van der Waals surface area (Å²) < 4.78 is 0. The third-order valence-corrected chi connectivity index (χ3v) is 0.901. The van der Waals surface area contributed by atoms with Gasteiger partial charge in [0.25, 0.3) is 0 Å². The standard InChI is InChI=1S/C5H9N2.Mn/c1-6-3-4-7(2)5-6;/h3-5H,1-2H3;. The van der Waals surface area contributed by atoms with Crippen molar-refractivity contribution in [1.29, 1.82) is 0 Å². The Hall–Kier alpha value is -0.141. The predicted octanol–water partition coefficient (Wildman–Crippen LogP) is 0.452. The van der Waals surface area contributed by atoms with Crippen LogP contribution >= 0.6 is 0 Å². The van der Waals surface area contributed by atoms with Gasteiger partial charge in [-0.2, -0.15) is 0 Å². The second-order valence-electron chi connectivity index (χ2n) is 1.74. The molecule has 3 heteroatoms. The largest absolute Gasteiger partial charge is 0.356 e. The monoisotopic (exact) mass is 152 g/mol. The van der Waals surface area contributed by atoms with Crippen LogP contribution < -0.4 is 0 Å². The van der Waals surface area contributed by atoms with E-state index in [0.717, 1.165) is 0 Å². The van der Waals surface area contributed by atoms with E-state index in [-0.39, 0.29) is 17.1 Å². The van der Waals surface area contributed by atoms with Gasteiger partial charge >= 0.3 is 0 Å². The molecule has 2 radical (unpaired) electrons. The van der Waals surface area contributed by atoms with Gasteiger partial charge in [-0.25, -0.2) is 0 Å². The Kier molecular flexibility index (Phi) is 2.95. The van der Waals surface area contributed by atoms with Gasteiger partial charge in [-0.1, -0.05) is 0 Å². The molecular formula is C5H9MnN2. The molecule has 0 spiro atoms. The van der Waals surface area contributed by atoms with Crippen molar-refractivity contribution in [3.05, 3.63) is 19.1 Å². The minimum Gasteiger partial charge on any atom is -0.356 e. The topological polar surface area (TPSA) is 6.48 Å². The van der Waals surface area contributed by atoms with Crippen molar-refractivity contribution in [3.63, 3.8) is 0 Å². The Bertz CT molecular complexity index is 82.4. The summed E-state index contributed by atoms with van der Waals surface area (Å²) in [6.07, 6.45) is 4.00. The van der Waals surface area contributed by atoms with Gasteiger partial charge in [-0.15, -0.1) is 0 Å². The van der Waals surface area contributed by atoms with Crippen LogP contribution in [0.3, 0.4) is 0 Å². The third-order valence-electron chi connectivity index (χ3n) is 0.901. The van der Waals surface area contributed by atoms with E-state index in [9.17, 15) is 0 Å². The molecule has 0 atom stereocenters. The fraction of sp³-hybridized carbons (Fsp3) is 0.400. The predicted molar refractivity (Wildman–Crippen MR) is 29.0 cm³/mol. The minimum atomic E-state index is 0. The van der Waals surface area contributed by atoms with Gasteiger partial charge in [0.1, 0.15) is 6.67 Å². The van der Waals surface area contributed by atoms with Crippen LogP contribution in [0.2, 0.25) is 0 Å². The van der Waals surface area contributed by atoms with Crippen molar-refractivity contribution < 1.29 is 17.1 Å². The molecule has 46 valence electrons. The first-order chi connectivity index (χ1) is 3.29. The Balaban J connectivity index is 0.000000490. The molecule has 0 aromatic rings. The average molecular weight is 152 g/mol. The molecule has 0 saturated heterocycles. The van der Waals surface area contributed by atoms with E-state index in [1.54, 1.807) is 0 Å². The van der Waals surface area contributed by atoms with E-state index in [1.165, 1.54) is 0 Å². The van der Waals surface area contributed by atoms with E-state index in [2.05, 4.69) is 0 Å². The summed E-state index contributed by atoms with van der Waals surface area (Å²) in [6.45, 7) is 2.00. The van der Waals surface area contributed by atoms with E-state index in [1.807, 2.05) is 43.0 Å². The summed E-state index contributed by atoms with van der Waals surface area (Å²) in [5.41, 5.74) is 0. The van der Waals surface area contributed by atoms with Crippen LogP contribution in [0.1, 0.15) is 0 Å². The van der Waals surface area contributed by atoms with Crippen LogP contribution in [-0.4, -0.2) is 23.9 Å². The zero-order valence-corrected chi connectivity index (χ0v) is 6.18. The molecule has 0 unspecified atom stereocenters. The molecule has 1 rings (SSSR count). The molecule has 2 nitrogen and oxygen atoms in total. The van der Waals surface area contributed by atoms with Crippen molar-refractivity contribution in [2.24, 2.45) is 0 Å². The van der Waals surface area contributed by atoms with Crippen LogP contribution in [0, 0.1) is 6.67 Å². The molecule has 0 saturated carbocycles. The zero-order chi connectivity index (χ0) is 5.28. The summed E-state index contributed by atoms with van der Waals surface area (Å²) in [5, 5.41) is 0. The van der Waals surface area contributed by atoms with Crippen molar-refractivity contribution in [3.8, 4) is 0 Å². The molecule has 0 N–H and O–H groups in total. The van der Waals surface area contributed by atoms with E-state index >= 15 is 0 Å². The smallest absolute Gasteiger partial charge is 0.140 e. The van der Waals surface area contributed by atoms with Gasteiger partial charge in [0.2, 0.25) is 0 Å². The molecule has 0 aromatic carbocycles. The van der Waals surface area contributed by atoms with Crippen molar-refractivity contribution >= 4 is 0 Å². The van der Waals surface area contributed by atoms with Crippen molar-refractivity contribution in [1.82, 2.24) is 9.80 Å². The molecule has 0 amide bonds. The Morgan fingerprint density at radius 2 is 1.38 bits per heavy atom. The van der Waals surface area contributed by atoms with E-state index in [4.69, 9.17) is 0 Å². The van der Waals surface area contributed by atoms with Crippen molar-refractivity contribution in [2.45, 2.75) is 0 Å². The summed E-state index contributed by atoms with van der Waals surface area (Å²) in [6, 6.07) is 0.